The third-order valence-electron chi connectivity index (χ3n) is 13.5. The number of esters is 3. The minimum atomic E-state index is -1.90. The van der Waals surface area contributed by atoms with Crippen LogP contribution >= 0.6 is 0 Å². The van der Waals surface area contributed by atoms with E-state index in [1.807, 2.05) is 0 Å². The third-order valence-corrected chi connectivity index (χ3v) is 13.5. The predicted molar refractivity (Wildman–Crippen MR) is 285 cm³/mol. The van der Waals surface area contributed by atoms with Crippen molar-refractivity contribution >= 4 is 23.9 Å². The summed E-state index contributed by atoms with van der Waals surface area (Å²) in [6.45, 7) is 5.95. The number of allylic oxidation sites excluding steroid dienone is 4. The summed E-state index contributed by atoms with van der Waals surface area (Å²) in [6, 6.07) is 0. The highest BCUT2D eigenvalue weighted by Gasteiger charge is 2.50. The van der Waals surface area contributed by atoms with E-state index >= 15 is 0 Å². The van der Waals surface area contributed by atoms with Gasteiger partial charge in [0.15, 0.2) is 24.6 Å². The molecular weight excluding hydrogens is 901 g/mol. The number of ether oxygens (including phenoxy) is 5. The molecule has 1 fully saturated rings. The second kappa shape index (κ2) is 48.2. The van der Waals surface area contributed by atoms with E-state index in [2.05, 4.69) is 45.1 Å². The number of unbranched alkanes of at least 4 members (excludes halogenated alkanes) is 32. The predicted octanol–water partition coefficient (Wildman–Crippen LogP) is 14.7. The maximum atomic E-state index is 13.0. The summed E-state index contributed by atoms with van der Waals surface area (Å²) in [6.07, 6.45) is 41.6. The second-order valence-electron chi connectivity index (χ2n) is 20.3. The standard InChI is InChI=1S/C59H106O12/c1-4-7-10-13-16-19-21-23-25-26-28-30-32-35-38-41-44-47-53(62)70-57-55(64)54(63)56(58(65)66)71-59(57)68-49-50(69-52(61)46-43-40-37-33-18-15-12-9-6-3)48-67-51(60)45-42-39-36-34-31-29-27-24-22-20-17-14-11-8-5-2/h17,20,24,27,50,54-57,59,63-64H,4-16,18-19,21-23,25-26,28-49H2,1-3H3,(H,65,66)/b20-17-,27-24-. The molecule has 0 aromatic heterocycles. The van der Waals surface area contributed by atoms with Gasteiger partial charge in [-0.25, -0.2) is 4.79 Å². The number of carboxylic acid groups (broad SMARTS) is 1. The molecule has 0 bridgehead atoms. The van der Waals surface area contributed by atoms with Crippen LogP contribution < -0.4 is 0 Å². The number of carbonyl (C=O) groups is 4. The molecule has 1 heterocycles. The van der Waals surface area contributed by atoms with Crippen molar-refractivity contribution in [2.75, 3.05) is 13.2 Å². The molecule has 3 N–H and O–H groups in total. The normalized spacial score (nSPS) is 18.6. The first-order valence-electron chi connectivity index (χ1n) is 29.3. The van der Waals surface area contributed by atoms with Gasteiger partial charge in [0, 0.05) is 19.3 Å². The van der Waals surface area contributed by atoms with E-state index in [4.69, 9.17) is 23.7 Å². The highest BCUT2D eigenvalue weighted by molar-refractivity contribution is 5.74. The fourth-order valence-electron chi connectivity index (χ4n) is 8.99. The lowest BCUT2D eigenvalue weighted by Crippen LogP contribution is -2.61. The lowest BCUT2D eigenvalue weighted by molar-refractivity contribution is -0.301. The Morgan fingerprint density at radius 2 is 0.845 bits per heavy atom. The first-order chi connectivity index (χ1) is 34.6. The van der Waals surface area contributed by atoms with Crippen molar-refractivity contribution in [3.05, 3.63) is 24.3 Å². The van der Waals surface area contributed by atoms with Gasteiger partial charge in [-0.3, -0.25) is 14.4 Å². The van der Waals surface area contributed by atoms with Crippen LogP contribution in [0.2, 0.25) is 0 Å². The SMILES string of the molecule is CCCCC/C=C\C/C=C\CCCCCCCC(=O)OCC(COC1OC(C(=O)O)C(O)C(O)C1OC(=O)CCCCCCCCCCCCCCCCCCC)OC(=O)CCCCCCCCCCC. The number of hydrogen-bond acceptors (Lipinski definition) is 11. The van der Waals surface area contributed by atoms with Crippen molar-refractivity contribution in [1.29, 1.82) is 0 Å². The molecule has 1 rings (SSSR count). The molecule has 1 saturated heterocycles. The molecule has 6 unspecified atom stereocenters. The maximum absolute atomic E-state index is 13.0. The molecule has 71 heavy (non-hydrogen) atoms. The lowest BCUT2D eigenvalue weighted by atomic mass is 9.98. The largest absolute Gasteiger partial charge is 0.479 e. The molecule has 0 aliphatic carbocycles. The molecule has 0 amide bonds. The minimum Gasteiger partial charge on any atom is -0.479 e. The molecule has 0 aromatic carbocycles. The fourth-order valence-corrected chi connectivity index (χ4v) is 8.99. The van der Waals surface area contributed by atoms with E-state index < -0.39 is 67.3 Å². The van der Waals surface area contributed by atoms with Gasteiger partial charge in [-0.1, -0.05) is 231 Å². The zero-order chi connectivity index (χ0) is 51.8. The van der Waals surface area contributed by atoms with Crippen molar-refractivity contribution in [1.82, 2.24) is 0 Å². The first-order valence-corrected chi connectivity index (χ1v) is 29.3. The zero-order valence-electron chi connectivity index (χ0n) is 45.5. The summed E-state index contributed by atoms with van der Waals surface area (Å²) in [4.78, 5) is 50.9. The number of aliphatic carboxylic acids is 1. The topological polar surface area (TPSA) is 175 Å². The Morgan fingerprint density at radius 3 is 1.30 bits per heavy atom. The fraction of sp³-hybridized carbons (Fsp3) is 0.864. The van der Waals surface area contributed by atoms with Crippen molar-refractivity contribution in [3.63, 3.8) is 0 Å². The van der Waals surface area contributed by atoms with Crippen LogP contribution in [-0.2, 0) is 42.9 Å². The molecule has 0 radical (unpaired) electrons. The number of aliphatic hydroxyl groups excluding tert-OH is 2. The minimum absolute atomic E-state index is 0.0662. The Morgan fingerprint density at radius 1 is 0.465 bits per heavy atom. The molecular formula is C59H106O12. The van der Waals surface area contributed by atoms with Gasteiger partial charge in [0.05, 0.1) is 6.61 Å². The Bertz CT molecular complexity index is 1340. The summed E-state index contributed by atoms with van der Waals surface area (Å²) in [5.41, 5.74) is 0. The van der Waals surface area contributed by atoms with Gasteiger partial charge < -0.3 is 39.0 Å². The summed E-state index contributed by atoms with van der Waals surface area (Å²) < 4.78 is 28.4. The second-order valence-corrected chi connectivity index (χ2v) is 20.3. The zero-order valence-corrected chi connectivity index (χ0v) is 45.5. The van der Waals surface area contributed by atoms with Crippen LogP contribution in [-0.4, -0.2) is 89.2 Å². The van der Waals surface area contributed by atoms with Crippen molar-refractivity contribution in [3.8, 4) is 0 Å². The lowest BCUT2D eigenvalue weighted by Gasteiger charge is -2.40. The highest BCUT2D eigenvalue weighted by Crippen LogP contribution is 2.26. The average Bonchev–Trinajstić information content (AvgIpc) is 3.35. The Balaban J connectivity index is 2.64. The van der Waals surface area contributed by atoms with Gasteiger partial charge in [-0.15, -0.1) is 0 Å². The van der Waals surface area contributed by atoms with Crippen LogP contribution in [0.5, 0.6) is 0 Å². The van der Waals surface area contributed by atoms with E-state index in [1.165, 1.54) is 135 Å². The molecule has 12 nitrogen and oxygen atoms in total. The Hall–Kier alpha value is -2.80. The summed E-state index contributed by atoms with van der Waals surface area (Å²) in [7, 11) is 0. The monoisotopic (exact) mass is 1010 g/mol. The van der Waals surface area contributed by atoms with Crippen LogP contribution in [0.4, 0.5) is 0 Å². The van der Waals surface area contributed by atoms with Crippen molar-refractivity contribution in [2.24, 2.45) is 0 Å². The summed E-state index contributed by atoms with van der Waals surface area (Å²) >= 11 is 0. The molecule has 0 aromatic rings. The van der Waals surface area contributed by atoms with E-state index in [1.54, 1.807) is 0 Å². The van der Waals surface area contributed by atoms with Gasteiger partial charge in [0.25, 0.3) is 0 Å². The Kier molecular flexibility index (Phi) is 44.9. The highest BCUT2D eigenvalue weighted by atomic mass is 16.7. The number of rotatable bonds is 50. The van der Waals surface area contributed by atoms with Crippen LogP contribution in [0.3, 0.4) is 0 Å². The first kappa shape index (κ1) is 66.2. The van der Waals surface area contributed by atoms with Crippen LogP contribution in [0.1, 0.15) is 278 Å². The van der Waals surface area contributed by atoms with Gasteiger partial charge in [0.1, 0.15) is 18.8 Å². The Labute approximate surface area is 432 Å². The molecule has 0 saturated carbocycles. The third kappa shape index (κ3) is 38.4. The van der Waals surface area contributed by atoms with Crippen molar-refractivity contribution < 1.29 is 58.2 Å². The molecule has 12 heteroatoms. The maximum Gasteiger partial charge on any atom is 0.335 e. The van der Waals surface area contributed by atoms with Gasteiger partial charge >= 0.3 is 23.9 Å². The number of aliphatic hydroxyl groups is 2. The van der Waals surface area contributed by atoms with E-state index in [9.17, 15) is 34.5 Å². The molecule has 1 aliphatic heterocycles. The molecule has 0 spiro atoms. The molecule has 6 atom stereocenters. The van der Waals surface area contributed by atoms with Crippen LogP contribution in [0.15, 0.2) is 24.3 Å². The summed E-state index contributed by atoms with van der Waals surface area (Å²) in [5, 5.41) is 31.4. The van der Waals surface area contributed by atoms with Gasteiger partial charge in [-0.2, -0.15) is 0 Å². The number of carbonyl (C=O) groups excluding carboxylic acids is 3. The number of hydrogen-bond donors (Lipinski definition) is 3. The average molecular weight is 1010 g/mol. The number of carboxylic acids is 1. The van der Waals surface area contributed by atoms with E-state index in [0.29, 0.717) is 19.3 Å². The van der Waals surface area contributed by atoms with Crippen LogP contribution in [0.25, 0.3) is 0 Å². The smallest absolute Gasteiger partial charge is 0.335 e. The van der Waals surface area contributed by atoms with Gasteiger partial charge in [-0.05, 0) is 51.4 Å². The van der Waals surface area contributed by atoms with Crippen LogP contribution in [0, 0.1) is 0 Å². The van der Waals surface area contributed by atoms with E-state index in [0.717, 1.165) is 83.5 Å². The summed E-state index contributed by atoms with van der Waals surface area (Å²) in [5.74, 6) is -3.11. The van der Waals surface area contributed by atoms with Gasteiger partial charge in [0.2, 0.25) is 0 Å². The van der Waals surface area contributed by atoms with E-state index in [-0.39, 0.29) is 25.9 Å². The van der Waals surface area contributed by atoms with Crippen molar-refractivity contribution in [2.45, 2.75) is 314 Å². The quantitative estimate of drug-likeness (QED) is 0.0228. The molecule has 1 aliphatic rings. The molecule has 414 valence electrons.